The monoisotopic (exact) mass is 321 g/mol. The number of hydrogen-bond donors (Lipinski definition) is 3. The van der Waals surface area contributed by atoms with Gasteiger partial charge in [-0.2, -0.15) is 0 Å². The van der Waals surface area contributed by atoms with Crippen LogP contribution < -0.4 is 11.1 Å². The second-order valence-corrected chi connectivity index (χ2v) is 5.67. The summed E-state index contributed by atoms with van der Waals surface area (Å²) >= 11 is 0. The maximum Gasteiger partial charge on any atom is 0.244 e. The summed E-state index contributed by atoms with van der Waals surface area (Å²) in [4.78, 5) is 27.1. The summed E-state index contributed by atoms with van der Waals surface area (Å²) in [6, 6.07) is 16.2. The zero-order valence-electron chi connectivity index (χ0n) is 13.2. The largest absolute Gasteiger partial charge is 0.368 e. The SMILES string of the molecule is NC(=O)C(NC(=O)CCc1c[nH]c2ccccc12)c1ccccc1. The Morgan fingerprint density at radius 1 is 1.04 bits per heavy atom. The van der Waals surface area contributed by atoms with Crippen molar-refractivity contribution in [3.05, 3.63) is 71.9 Å². The van der Waals surface area contributed by atoms with Crippen molar-refractivity contribution in [3.63, 3.8) is 0 Å². The fourth-order valence-corrected chi connectivity index (χ4v) is 2.78. The van der Waals surface area contributed by atoms with Crippen LogP contribution in [0.25, 0.3) is 10.9 Å². The molecule has 2 aromatic carbocycles. The first-order chi connectivity index (χ1) is 11.6. The normalized spacial score (nSPS) is 12.0. The Balaban J connectivity index is 1.65. The molecule has 3 aromatic rings. The average Bonchev–Trinajstić information content (AvgIpc) is 3.01. The summed E-state index contributed by atoms with van der Waals surface area (Å²) in [6.07, 6.45) is 2.80. The van der Waals surface area contributed by atoms with Gasteiger partial charge in [-0.15, -0.1) is 0 Å². The van der Waals surface area contributed by atoms with Gasteiger partial charge in [0, 0.05) is 23.5 Å². The molecule has 24 heavy (non-hydrogen) atoms. The van der Waals surface area contributed by atoms with Crippen molar-refractivity contribution in [2.75, 3.05) is 0 Å². The van der Waals surface area contributed by atoms with E-state index in [1.54, 1.807) is 12.1 Å². The molecule has 2 amide bonds. The molecule has 0 aliphatic heterocycles. The van der Waals surface area contributed by atoms with Gasteiger partial charge in [0.15, 0.2) is 0 Å². The van der Waals surface area contributed by atoms with E-state index in [0.29, 0.717) is 18.4 Å². The van der Waals surface area contributed by atoms with Crippen molar-refractivity contribution in [2.45, 2.75) is 18.9 Å². The third-order valence-electron chi connectivity index (χ3n) is 4.02. The van der Waals surface area contributed by atoms with E-state index in [-0.39, 0.29) is 5.91 Å². The number of amides is 2. The van der Waals surface area contributed by atoms with Gasteiger partial charge in [0.1, 0.15) is 6.04 Å². The number of primary amides is 1. The smallest absolute Gasteiger partial charge is 0.244 e. The molecule has 1 atom stereocenters. The van der Waals surface area contributed by atoms with Gasteiger partial charge in [-0.1, -0.05) is 48.5 Å². The van der Waals surface area contributed by atoms with E-state index in [1.165, 1.54) is 0 Å². The predicted octanol–water partition coefficient (Wildman–Crippen LogP) is 2.44. The standard InChI is InChI=1S/C19H19N3O2/c20-19(24)18(13-6-2-1-3-7-13)22-17(23)11-10-14-12-21-16-9-5-4-8-15(14)16/h1-9,12,18,21H,10-11H2,(H2,20,24)(H,22,23). The first kappa shape index (κ1) is 15.8. The fraction of sp³-hybridized carbons (Fsp3) is 0.158. The molecule has 0 spiro atoms. The number of benzene rings is 2. The lowest BCUT2D eigenvalue weighted by Crippen LogP contribution is -2.37. The molecule has 5 heteroatoms. The zero-order valence-corrected chi connectivity index (χ0v) is 13.2. The lowest BCUT2D eigenvalue weighted by atomic mass is 10.1. The number of aromatic nitrogens is 1. The lowest BCUT2D eigenvalue weighted by molar-refractivity contribution is -0.127. The number of hydrogen-bond acceptors (Lipinski definition) is 2. The molecule has 0 aliphatic rings. The van der Waals surface area contributed by atoms with Crippen molar-refractivity contribution in [2.24, 2.45) is 5.73 Å². The summed E-state index contributed by atoms with van der Waals surface area (Å²) in [6.45, 7) is 0. The highest BCUT2D eigenvalue weighted by Crippen LogP contribution is 2.19. The van der Waals surface area contributed by atoms with E-state index in [2.05, 4.69) is 10.3 Å². The van der Waals surface area contributed by atoms with Crippen LogP contribution in [0, 0.1) is 0 Å². The Morgan fingerprint density at radius 3 is 2.50 bits per heavy atom. The zero-order chi connectivity index (χ0) is 16.9. The van der Waals surface area contributed by atoms with E-state index in [0.717, 1.165) is 16.5 Å². The van der Waals surface area contributed by atoms with Crippen LogP contribution >= 0.6 is 0 Å². The van der Waals surface area contributed by atoms with Crippen LogP contribution in [0.3, 0.4) is 0 Å². The Labute approximate surface area is 139 Å². The predicted molar refractivity (Wildman–Crippen MR) is 93.1 cm³/mol. The Morgan fingerprint density at radius 2 is 1.75 bits per heavy atom. The molecule has 122 valence electrons. The number of nitrogens with two attached hydrogens (primary N) is 1. The molecule has 1 aromatic heterocycles. The van der Waals surface area contributed by atoms with E-state index < -0.39 is 11.9 Å². The van der Waals surface area contributed by atoms with Crippen LogP contribution in [-0.4, -0.2) is 16.8 Å². The number of carbonyl (C=O) groups is 2. The number of carbonyl (C=O) groups excluding carboxylic acids is 2. The van der Waals surface area contributed by atoms with Crippen LogP contribution in [-0.2, 0) is 16.0 Å². The Hall–Kier alpha value is -3.08. The molecule has 3 rings (SSSR count). The minimum absolute atomic E-state index is 0.201. The first-order valence-electron chi connectivity index (χ1n) is 7.84. The molecule has 1 heterocycles. The van der Waals surface area contributed by atoms with Gasteiger partial charge in [0.05, 0.1) is 0 Å². The molecule has 0 bridgehead atoms. The number of H-pyrrole nitrogens is 1. The number of nitrogens with one attached hydrogen (secondary N) is 2. The second-order valence-electron chi connectivity index (χ2n) is 5.67. The Kier molecular flexibility index (Phi) is 4.61. The molecule has 5 nitrogen and oxygen atoms in total. The van der Waals surface area contributed by atoms with E-state index in [9.17, 15) is 9.59 Å². The van der Waals surface area contributed by atoms with Crippen LogP contribution in [0.15, 0.2) is 60.8 Å². The number of fused-ring (bicyclic) bond motifs is 1. The summed E-state index contributed by atoms with van der Waals surface area (Å²) in [7, 11) is 0. The van der Waals surface area contributed by atoms with Gasteiger partial charge in [0.25, 0.3) is 0 Å². The van der Waals surface area contributed by atoms with Crippen LogP contribution in [0.1, 0.15) is 23.6 Å². The third kappa shape index (κ3) is 3.46. The van der Waals surface area contributed by atoms with Crippen molar-refractivity contribution < 1.29 is 9.59 Å². The quantitative estimate of drug-likeness (QED) is 0.651. The Bertz CT molecular complexity index is 855. The highest BCUT2D eigenvalue weighted by atomic mass is 16.2. The molecule has 1 unspecified atom stereocenters. The molecule has 0 aliphatic carbocycles. The third-order valence-corrected chi connectivity index (χ3v) is 4.02. The molecule has 0 radical (unpaired) electrons. The topological polar surface area (TPSA) is 88.0 Å². The number of rotatable bonds is 6. The van der Waals surface area contributed by atoms with Crippen molar-refractivity contribution in [3.8, 4) is 0 Å². The van der Waals surface area contributed by atoms with Crippen LogP contribution in [0.4, 0.5) is 0 Å². The van der Waals surface area contributed by atoms with E-state index in [4.69, 9.17) is 5.73 Å². The average molecular weight is 321 g/mol. The summed E-state index contributed by atoms with van der Waals surface area (Å²) in [5.41, 5.74) is 8.24. The van der Waals surface area contributed by atoms with Gasteiger partial charge >= 0.3 is 0 Å². The summed E-state index contributed by atoms with van der Waals surface area (Å²) in [5.74, 6) is -0.769. The summed E-state index contributed by atoms with van der Waals surface area (Å²) in [5, 5.41) is 3.83. The molecular formula is C19H19N3O2. The summed E-state index contributed by atoms with van der Waals surface area (Å²) < 4.78 is 0. The van der Waals surface area contributed by atoms with Crippen molar-refractivity contribution >= 4 is 22.7 Å². The van der Waals surface area contributed by atoms with Gasteiger partial charge in [-0.25, -0.2) is 0 Å². The number of para-hydroxylation sites is 1. The first-order valence-corrected chi connectivity index (χ1v) is 7.84. The maximum absolute atomic E-state index is 12.2. The van der Waals surface area contributed by atoms with Gasteiger partial charge in [0.2, 0.25) is 11.8 Å². The molecule has 0 saturated heterocycles. The highest BCUT2D eigenvalue weighted by Gasteiger charge is 2.19. The number of aromatic amines is 1. The van der Waals surface area contributed by atoms with E-state index in [1.807, 2.05) is 48.7 Å². The molecular weight excluding hydrogens is 302 g/mol. The van der Waals surface area contributed by atoms with Crippen LogP contribution in [0.5, 0.6) is 0 Å². The molecule has 4 N–H and O–H groups in total. The molecule has 0 fully saturated rings. The minimum atomic E-state index is -0.804. The fourth-order valence-electron chi connectivity index (χ4n) is 2.78. The van der Waals surface area contributed by atoms with Crippen molar-refractivity contribution in [1.29, 1.82) is 0 Å². The van der Waals surface area contributed by atoms with Crippen LogP contribution in [0.2, 0.25) is 0 Å². The minimum Gasteiger partial charge on any atom is -0.368 e. The van der Waals surface area contributed by atoms with Gasteiger partial charge < -0.3 is 16.0 Å². The lowest BCUT2D eigenvalue weighted by Gasteiger charge is -2.15. The number of aryl methyl sites for hydroxylation is 1. The van der Waals surface area contributed by atoms with Gasteiger partial charge in [-0.3, -0.25) is 9.59 Å². The maximum atomic E-state index is 12.2. The second kappa shape index (κ2) is 7.00. The van der Waals surface area contributed by atoms with Crippen molar-refractivity contribution in [1.82, 2.24) is 10.3 Å². The molecule has 0 saturated carbocycles. The highest BCUT2D eigenvalue weighted by molar-refractivity contribution is 5.88. The van der Waals surface area contributed by atoms with Gasteiger partial charge in [-0.05, 0) is 23.6 Å². The van der Waals surface area contributed by atoms with E-state index >= 15 is 0 Å².